The molecule has 0 aromatic heterocycles. The Morgan fingerprint density at radius 1 is 1.07 bits per heavy atom. The SMILES string of the molecule is CCCCOc1ccc(C(=O)C=CNc2ccc(N(CC)CC)cc2C)cc1. The molecule has 0 unspecified atom stereocenters. The molecule has 2 aromatic carbocycles. The minimum atomic E-state index is -0.0370. The number of aryl methyl sites for hydroxylation is 1. The fraction of sp³-hybridized carbons (Fsp3) is 0.375. The molecular formula is C24H32N2O2. The van der Waals surface area contributed by atoms with E-state index in [2.05, 4.69) is 56.1 Å². The summed E-state index contributed by atoms with van der Waals surface area (Å²) in [5, 5.41) is 3.22. The van der Waals surface area contributed by atoms with Crippen LogP contribution in [0.5, 0.6) is 5.75 Å². The number of ketones is 1. The van der Waals surface area contributed by atoms with E-state index in [0.29, 0.717) is 12.2 Å². The van der Waals surface area contributed by atoms with Gasteiger partial charge in [-0.1, -0.05) is 13.3 Å². The maximum absolute atomic E-state index is 12.3. The van der Waals surface area contributed by atoms with Crippen LogP contribution >= 0.6 is 0 Å². The fourth-order valence-electron chi connectivity index (χ4n) is 2.95. The Morgan fingerprint density at radius 3 is 2.39 bits per heavy atom. The zero-order valence-corrected chi connectivity index (χ0v) is 17.5. The van der Waals surface area contributed by atoms with Crippen LogP contribution in [0.1, 0.15) is 49.5 Å². The van der Waals surface area contributed by atoms with Crippen LogP contribution in [0.15, 0.2) is 54.7 Å². The van der Waals surface area contributed by atoms with Gasteiger partial charge < -0.3 is 15.0 Å². The van der Waals surface area contributed by atoms with Gasteiger partial charge in [0.15, 0.2) is 5.78 Å². The lowest BCUT2D eigenvalue weighted by atomic mass is 10.1. The van der Waals surface area contributed by atoms with Gasteiger partial charge in [0.05, 0.1) is 6.61 Å². The molecule has 0 fully saturated rings. The van der Waals surface area contributed by atoms with Gasteiger partial charge >= 0.3 is 0 Å². The van der Waals surface area contributed by atoms with Crippen molar-refractivity contribution in [3.63, 3.8) is 0 Å². The number of carbonyl (C=O) groups excluding carboxylic acids is 1. The molecule has 0 aliphatic rings. The lowest BCUT2D eigenvalue weighted by Crippen LogP contribution is -2.21. The van der Waals surface area contributed by atoms with Crippen LogP contribution in [0.4, 0.5) is 11.4 Å². The number of nitrogens with one attached hydrogen (secondary N) is 1. The molecule has 0 saturated carbocycles. The molecule has 2 aromatic rings. The van der Waals surface area contributed by atoms with E-state index in [0.717, 1.165) is 42.9 Å². The number of rotatable bonds is 11. The first-order valence-corrected chi connectivity index (χ1v) is 10.1. The molecule has 0 amide bonds. The lowest BCUT2D eigenvalue weighted by molar-refractivity contribution is 0.104. The number of benzene rings is 2. The highest BCUT2D eigenvalue weighted by Crippen LogP contribution is 2.22. The summed E-state index contributed by atoms with van der Waals surface area (Å²) in [4.78, 5) is 14.6. The first kappa shape index (κ1) is 21.5. The number of unbranched alkanes of at least 4 members (excludes halogenated alkanes) is 1. The van der Waals surface area contributed by atoms with Crippen molar-refractivity contribution in [3.05, 3.63) is 65.9 Å². The molecule has 28 heavy (non-hydrogen) atoms. The summed E-state index contributed by atoms with van der Waals surface area (Å²) in [7, 11) is 0. The minimum absolute atomic E-state index is 0.0370. The molecule has 4 nitrogen and oxygen atoms in total. The molecule has 0 bridgehead atoms. The predicted molar refractivity (Wildman–Crippen MR) is 119 cm³/mol. The maximum Gasteiger partial charge on any atom is 0.187 e. The van der Waals surface area contributed by atoms with Crippen LogP contribution in [0.2, 0.25) is 0 Å². The Hall–Kier alpha value is -2.75. The summed E-state index contributed by atoms with van der Waals surface area (Å²) in [5.41, 5.74) is 4.01. The number of hydrogen-bond acceptors (Lipinski definition) is 4. The molecule has 0 saturated heterocycles. The minimum Gasteiger partial charge on any atom is -0.494 e. The van der Waals surface area contributed by atoms with E-state index in [4.69, 9.17) is 4.74 Å². The van der Waals surface area contributed by atoms with Gasteiger partial charge in [-0.15, -0.1) is 0 Å². The largest absolute Gasteiger partial charge is 0.494 e. The average molecular weight is 381 g/mol. The molecule has 0 heterocycles. The molecule has 0 radical (unpaired) electrons. The van der Waals surface area contributed by atoms with Crippen molar-refractivity contribution >= 4 is 17.2 Å². The highest BCUT2D eigenvalue weighted by atomic mass is 16.5. The second kappa shape index (κ2) is 11.2. The van der Waals surface area contributed by atoms with E-state index < -0.39 is 0 Å². The van der Waals surface area contributed by atoms with Crippen LogP contribution in [0.25, 0.3) is 0 Å². The summed E-state index contributed by atoms with van der Waals surface area (Å²) >= 11 is 0. The quantitative estimate of drug-likeness (QED) is 0.303. The van der Waals surface area contributed by atoms with Crippen molar-refractivity contribution in [2.75, 3.05) is 29.9 Å². The maximum atomic E-state index is 12.3. The van der Waals surface area contributed by atoms with E-state index in [9.17, 15) is 4.79 Å². The summed E-state index contributed by atoms with van der Waals surface area (Å²) < 4.78 is 5.63. The lowest BCUT2D eigenvalue weighted by Gasteiger charge is -2.22. The van der Waals surface area contributed by atoms with Crippen molar-refractivity contribution in [1.82, 2.24) is 0 Å². The molecule has 4 heteroatoms. The van der Waals surface area contributed by atoms with Crippen molar-refractivity contribution in [2.24, 2.45) is 0 Å². The molecule has 1 N–H and O–H groups in total. The molecule has 0 atom stereocenters. The van der Waals surface area contributed by atoms with E-state index >= 15 is 0 Å². The van der Waals surface area contributed by atoms with Crippen LogP contribution in [0, 0.1) is 6.92 Å². The van der Waals surface area contributed by atoms with Gasteiger partial charge in [-0.2, -0.15) is 0 Å². The predicted octanol–water partition coefficient (Wildman–Crippen LogP) is 5.83. The number of allylic oxidation sites excluding steroid dienone is 1. The highest BCUT2D eigenvalue weighted by molar-refractivity contribution is 6.04. The van der Waals surface area contributed by atoms with Gasteiger partial charge in [0.2, 0.25) is 0 Å². The Morgan fingerprint density at radius 2 is 1.79 bits per heavy atom. The fourth-order valence-corrected chi connectivity index (χ4v) is 2.95. The molecular weight excluding hydrogens is 348 g/mol. The Kier molecular flexibility index (Phi) is 8.60. The molecule has 0 aliphatic heterocycles. The first-order valence-electron chi connectivity index (χ1n) is 10.1. The molecule has 0 aliphatic carbocycles. The average Bonchev–Trinajstić information content (AvgIpc) is 2.71. The second-order valence-corrected chi connectivity index (χ2v) is 6.74. The first-order chi connectivity index (χ1) is 13.6. The van der Waals surface area contributed by atoms with Crippen molar-refractivity contribution in [2.45, 2.75) is 40.5 Å². The summed E-state index contributed by atoms with van der Waals surface area (Å²) in [5.74, 6) is 0.765. The Balaban J connectivity index is 1.94. The summed E-state index contributed by atoms with van der Waals surface area (Å²) in [6.45, 7) is 11.2. The van der Waals surface area contributed by atoms with E-state index in [1.165, 1.54) is 5.69 Å². The molecule has 150 valence electrons. The third-order valence-corrected chi connectivity index (χ3v) is 4.72. The highest BCUT2D eigenvalue weighted by Gasteiger charge is 2.05. The number of ether oxygens (including phenoxy) is 1. The van der Waals surface area contributed by atoms with Crippen LogP contribution in [-0.2, 0) is 0 Å². The topological polar surface area (TPSA) is 41.6 Å². The zero-order valence-electron chi connectivity index (χ0n) is 17.5. The van der Waals surface area contributed by atoms with Crippen LogP contribution < -0.4 is 15.0 Å². The summed E-state index contributed by atoms with van der Waals surface area (Å²) in [6.07, 6.45) is 5.40. The van der Waals surface area contributed by atoms with E-state index in [-0.39, 0.29) is 5.78 Å². The normalized spacial score (nSPS) is 10.9. The van der Waals surface area contributed by atoms with Gasteiger partial charge in [-0.3, -0.25) is 4.79 Å². The van der Waals surface area contributed by atoms with Gasteiger partial charge in [-0.25, -0.2) is 0 Å². The van der Waals surface area contributed by atoms with Crippen LogP contribution in [0.3, 0.4) is 0 Å². The Labute approximate surface area is 169 Å². The smallest absolute Gasteiger partial charge is 0.187 e. The van der Waals surface area contributed by atoms with Gasteiger partial charge in [0, 0.05) is 42.3 Å². The van der Waals surface area contributed by atoms with Crippen molar-refractivity contribution in [3.8, 4) is 5.75 Å². The van der Waals surface area contributed by atoms with Crippen molar-refractivity contribution < 1.29 is 9.53 Å². The standard InChI is InChI=1S/C24H32N2O2/c1-5-8-17-28-22-12-9-20(10-13-22)24(27)15-16-25-23-14-11-21(18-19(23)4)26(6-2)7-3/h9-16,18,25H,5-8,17H2,1-4H3. The van der Waals surface area contributed by atoms with Gasteiger partial charge in [0.25, 0.3) is 0 Å². The monoisotopic (exact) mass is 380 g/mol. The van der Waals surface area contributed by atoms with E-state index in [1.807, 2.05) is 12.1 Å². The molecule has 0 spiro atoms. The van der Waals surface area contributed by atoms with Gasteiger partial charge in [0.1, 0.15) is 5.75 Å². The number of anilines is 2. The number of carbonyl (C=O) groups is 1. The Bertz CT molecular complexity index is 778. The third kappa shape index (κ3) is 6.15. The number of nitrogens with zero attached hydrogens (tertiary/aromatic N) is 1. The zero-order chi connectivity index (χ0) is 20.4. The summed E-state index contributed by atoms with van der Waals surface area (Å²) in [6, 6.07) is 13.6. The number of hydrogen-bond donors (Lipinski definition) is 1. The second-order valence-electron chi connectivity index (χ2n) is 6.74. The molecule has 2 rings (SSSR count). The van der Waals surface area contributed by atoms with Gasteiger partial charge in [-0.05, 0) is 75.2 Å². The van der Waals surface area contributed by atoms with E-state index in [1.54, 1.807) is 24.4 Å². The third-order valence-electron chi connectivity index (χ3n) is 4.72. The van der Waals surface area contributed by atoms with Crippen LogP contribution in [-0.4, -0.2) is 25.5 Å². The van der Waals surface area contributed by atoms with Crippen molar-refractivity contribution in [1.29, 1.82) is 0 Å².